The molecule has 1 aromatic heterocycles. The zero-order valence-electron chi connectivity index (χ0n) is 9.90. The van der Waals surface area contributed by atoms with Gasteiger partial charge in [-0.15, -0.1) is 11.3 Å². The van der Waals surface area contributed by atoms with Crippen LogP contribution in [0.2, 0.25) is 0 Å². The lowest BCUT2D eigenvalue weighted by atomic mass is 10.1. The summed E-state index contributed by atoms with van der Waals surface area (Å²) in [6.07, 6.45) is 0. The summed E-state index contributed by atoms with van der Waals surface area (Å²) in [4.78, 5) is 13.0. The summed E-state index contributed by atoms with van der Waals surface area (Å²) >= 11 is 4.74. The van der Waals surface area contributed by atoms with Crippen LogP contribution in [0.15, 0.2) is 34.1 Å². The molecule has 94 valence electrons. The molecule has 0 atom stereocenters. The average molecular weight is 327 g/mol. The van der Waals surface area contributed by atoms with Gasteiger partial charge in [-0.2, -0.15) is 0 Å². The number of halogens is 1. The van der Waals surface area contributed by atoms with E-state index >= 15 is 0 Å². The third kappa shape index (κ3) is 2.57. The minimum atomic E-state index is -0.0681. The summed E-state index contributed by atoms with van der Waals surface area (Å²) in [5.74, 6) is 1.11. The molecule has 0 saturated heterocycles. The van der Waals surface area contributed by atoms with Gasteiger partial charge in [-0.05, 0) is 46.3 Å². The Kier molecular flexibility index (Phi) is 4.04. The van der Waals surface area contributed by atoms with Gasteiger partial charge in [0, 0.05) is 0 Å². The summed E-state index contributed by atoms with van der Waals surface area (Å²) in [6.45, 7) is 0. The number of benzene rings is 1. The zero-order chi connectivity index (χ0) is 13.1. The van der Waals surface area contributed by atoms with Gasteiger partial charge in [-0.25, -0.2) is 0 Å². The minimum Gasteiger partial charge on any atom is -0.497 e. The second-order valence-corrected chi connectivity index (χ2v) is 5.96. The van der Waals surface area contributed by atoms with Gasteiger partial charge in [0.25, 0.3) is 0 Å². The number of thiophene rings is 1. The van der Waals surface area contributed by atoms with Crippen LogP contribution < -0.4 is 9.47 Å². The highest BCUT2D eigenvalue weighted by molar-refractivity contribution is 9.11. The van der Waals surface area contributed by atoms with Crippen LogP contribution in [0.1, 0.15) is 15.2 Å². The molecule has 1 heterocycles. The highest BCUT2D eigenvalue weighted by atomic mass is 79.9. The highest BCUT2D eigenvalue weighted by Crippen LogP contribution is 2.30. The summed E-state index contributed by atoms with van der Waals surface area (Å²) < 4.78 is 11.3. The van der Waals surface area contributed by atoms with E-state index in [1.54, 1.807) is 38.5 Å². The van der Waals surface area contributed by atoms with Crippen molar-refractivity contribution >= 4 is 33.0 Å². The molecule has 5 heteroatoms. The number of carbonyl (C=O) groups excluding carboxylic acids is 1. The molecule has 2 rings (SSSR count). The van der Waals surface area contributed by atoms with Crippen molar-refractivity contribution in [2.45, 2.75) is 0 Å². The van der Waals surface area contributed by atoms with Crippen LogP contribution in [0, 0.1) is 0 Å². The summed E-state index contributed by atoms with van der Waals surface area (Å²) in [7, 11) is 3.11. The Hall–Kier alpha value is -1.33. The average Bonchev–Trinajstić information content (AvgIpc) is 2.83. The Bertz CT molecular complexity index is 577. The SMILES string of the molecule is COc1ccc(OC)c(C(=O)c2ccc(Br)s2)c1. The first-order valence-electron chi connectivity index (χ1n) is 5.17. The van der Waals surface area contributed by atoms with E-state index in [1.807, 2.05) is 6.07 Å². The van der Waals surface area contributed by atoms with Crippen molar-refractivity contribution in [2.75, 3.05) is 14.2 Å². The molecule has 18 heavy (non-hydrogen) atoms. The van der Waals surface area contributed by atoms with Crippen LogP contribution in [0.3, 0.4) is 0 Å². The van der Waals surface area contributed by atoms with Gasteiger partial charge in [0.2, 0.25) is 5.78 Å². The van der Waals surface area contributed by atoms with Gasteiger partial charge in [0.1, 0.15) is 11.5 Å². The molecule has 3 nitrogen and oxygen atoms in total. The van der Waals surface area contributed by atoms with Crippen molar-refractivity contribution in [1.29, 1.82) is 0 Å². The molecule has 0 radical (unpaired) electrons. The Balaban J connectivity index is 2.45. The summed E-state index contributed by atoms with van der Waals surface area (Å²) in [5, 5.41) is 0. The van der Waals surface area contributed by atoms with Crippen LogP contribution in [0.25, 0.3) is 0 Å². The van der Waals surface area contributed by atoms with Crippen molar-refractivity contribution in [3.63, 3.8) is 0 Å². The number of hydrogen-bond acceptors (Lipinski definition) is 4. The molecule has 0 aliphatic carbocycles. The van der Waals surface area contributed by atoms with Crippen molar-refractivity contribution in [3.8, 4) is 11.5 Å². The largest absolute Gasteiger partial charge is 0.497 e. The van der Waals surface area contributed by atoms with Crippen LogP contribution in [0.4, 0.5) is 0 Å². The van der Waals surface area contributed by atoms with Gasteiger partial charge in [0.15, 0.2) is 0 Å². The summed E-state index contributed by atoms with van der Waals surface area (Å²) in [6, 6.07) is 8.82. The van der Waals surface area contributed by atoms with E-state index in [2.05, 4.69) is 15.9 Å². The number of ketones is 1. The smallest absolute Gasteiger partial charge is 0.206 e. The second-order valence-electron chi connectivity index (χ2n) is 3.50. The van der Waals surface area contributed by atoms with Gasteiger partial charge in [-0.1, -0.05) is 0 Å². The van der Waals surface area contributed by atoms with Crippen LogP contribution in [-0.4, -0.2) is 20.0 Å². The molecule has 0 bridgehead atoms. The second kappa shape index (κ2) is 5.54. The standard InChI is InChI=1S/C13H11BrO3S/c1-16-8-3-4-10(17-2)9(7-8)13(15)11-5-6-12(14)18-11/h3-7H,1-2H3. The molecule has 0 fully saturated rings. The summed E-state index contributed by atoms with van der Waals surface area (Å²) in [5.41, 5.74) is 0.506. The molecule has 0 unspecified atom stereocenters. The topological polar surface area (TPSA) is 35.5 Å². The number of ether oxygens (including phenoxy) is 2. The van der Waals surface area contributed by atoms with E-state index < -0.39 is 0 Å². The van der Waals surface area contributed by atoms with E-state index in [0.717, 1.165) is 3.79 Å². The van der Waals surface area contributed by atoms with E-state index in [-0.39, 0.29) is 5.78 Å². The third-order valence-corrected chi connectivity index (χ3v) is 4.07. The molecule has 0 amide bonds. The highest BCUT2D eigenvalue weighted by Gasteiger charge is 2.17. The fourth-order valence-electron chi connectivity index (χ4n) is 1.56. The zero-order valence-corrected chi connectivity index (χ0v) is 12.3. The maximum atomic E-state index is 12.4. The lowest BCUT2D eigenvalue weighted by Gasteiger charge is -2.08. The Morgan fingerprint density at radius 1 is 1.17 bits per heavy atom. The third-order valence-electron chi connectivity index (χ3n) is 2.45. The fourth-order valence-corrected chi connectivity index (χ4v) is 2.90. The van der Waals surface area contributed by atoms with Crippen molar-refractivity contribution < 1.29 is 14.3 Å². The normalized spacial score (nSPS) is 10.2. The molecule has 1 aromatic carbocycles. The molecule has 2 aromatic rings. The first-order valence-corrected chi connectivity index (χ1v) is 6.78. The molecule has 0 N–H and O–H groups in total. The lowest BCUT2D eigenvalue weighted by molar-refractivity contribution is 0.103. The predicted molar refractivity (Wildman–Crippen MR) is 75.0 cm³/mol. The molecule has 0 spiro atoms. The van der Waals surface area contributed by atoms with E-state index in [1.165, 1.54) is 11.3 Å². The Labute approximate surface area is 117 Å². The number of carbonyl (C=O) groups is 1. The van der Waals surface area contributed by atoms with Crippen LogP contribution >= 0.6 is 27.3 Å². The number of rotatable bonds is 4. The molecular formula is C13H11BrO3S. The van der Waals surface area contributed by atoms with E-state index in [9.17, 15) is 4.79 Å². The quantitative estimate of drug-likeness (QED) is 0.802. The lowest BCUT2D eigenvalue weighted by Crippen LogP contribution is -2.02. The minimum absolute atomic E-state index is 0.0681. The van der Waals surface area contributed by atoms with Crippen molar-refractivity contribution in [1.82, 2.24) is 0 Å². The van der Waals surface area contributed by atoms with E-state index in [0.29, 0.717) is 21.9 Å². The first-order chi connectivity index (χ1) is 8.65. The van der Waals surface area contributed by atoms with Gasteiger partial charge < -0.3 is 9.47 Å². The molecular weight excluding hydrogens is 316 g/mol. The van der Waals surface area contributed by atoms with Crippen molar-refractivity contribution in [2.24, 2.45) is 0 Å². The van der Waals surface area contributed by atoms with Crippen molar-refractivity contribution in [3.05, 3.63) is 44.6 Å². The fraction of sp³-hybridized carbons (Fsp3) is 0.154. The van der Waals surface area contributed by atoms with Crippen LogP contribution in [-0.2, 0) is 0 Å². The van der Waals surface area contributed by atoms with Crippen LogP contribution in [0.5, 0.6) is 11.5 Å². The van der Waals surface area contributed by atoms with Gasteiger partial charge >= 0.3 is 0 Å². The predicted octanol–water partition coefficient (Wildman–Crippen LogP) is 3.76. The molecule has 0 aliphatic heterocycles. The van der Waals surface area contributed by atoms with E-state index in [4.69, 9.17) is 9.47 Å². The monoisotopic (exact) mass is 326 g/mol. The maximum absolute atomic E-state index is 12.4. The number of methoxy groups -OCH3 is 2. The molecule has 0 saturated carbocycles. The van der Waals surface area contributed by atoms with Gasteiger partial charge in [0.05, 0.1) is 28.4 Å². The van der Waals surface area contributed by atoms with Gasteiger partial charge in [-0.3, -0.25) is 4.79 Å². The Morgan fingerprint density at radius 3 is 2.50 bits per heavy atom. The molecule has 0 aliphatic rings. The first kappa shape index (κ1) is 13.1. The Morgan fingerprint density at radius 2 is 1.94 bits per heavy atom. The number of hydrogen-bond donors (Lipinski definition) is 0. The maximum Gasteiger partial charge on any atom is 0.206 e.